The minimum Gasteiger partial charge on any atom is -0.347 e. The lowest BCUT2D eigenvalue weighted by molar-refractivity contribution is -0.186. The predicted octanol–water partition coefficient (Wildman–Crippen LogP) is 3.19. The zero-order valence-corrected chi connectivity index (χ0v) is 14.9. The third kappa shape index (κ3) is 3.58. The monoisotopic (exact) mass is 361 g/mol. The van der Waals surface area contributed by atoms with Crippen LogP contribution in [0.5, 0.6) is 0 Å². The van der Waals surface area contributed by atoms with Crippen LogP contribution < -0.4 is 4.72 Å². The van der Waals surface area contributed by atoms with Crippen molar-refractivity contribution < 1.29 is 17.9 Å². The van der Waals surface area contributed by atoms with Crippen LogP contribution in [0.3, 0.4) is 0 Å². The molecule has 6 heteroatoms. The third-order valence-electron chi connectivity index (χ3n) is 5.06. The van der Waals surface area contributed by atoms with E-state index in [1.807, 2.05) is 30.3 Å². The second kappa shape index (κ2) is 6.68. The number of nitrogens with one attached hydrogen (secondary N) is 1. The first-order chi connectivity index (χ1) is 12.1. The van der Waals surface area contributed by atoms with Gasteiger partial charge in [0, 0.05) is 19.4 Å². The van der Waals surface area contributed by atoms with E-state index in [4.69, 9.17) is 9.47 Å². The summed E-state index contributed by atoms with van der Waals surface area (Å²) >= 11 is 0. The van der Waals surface area contributed by atoms with Gasteiger partial charge in [-0.15, -0.1) is 0 Å². The van der Waals surface area contributed by atoms with Crippen molar-refractivity contribution in [3.05, 3.63) is 42.5 Å². The lowest BCUT2D eigenvalue weighted by Gasteiger charge is -2.31. The van der Waals surface area contributed by atoms with Crippen molar-refractivity contribution >= 4 is 20.8 Å². The molecule has 5 nitrogen and oxygen atoms in total. The summed E-state index contributed by atoms with van der Waals surface area (Å²) in [6.45, 7) is 0.678. The highest BCUT2D eigenvalue weighted by Crippen LogP contribution is 2.37. The maximum Gasteiger partial charge on any atom is 0.240 e. The lowest BCUT2D eigenvalue weighted by Crippen LogP contribution is -2.37. The zero-order chi connectivity index (χ0) is 17.3. The molecule has 0 aromatic heterocycles. The molecule has 2 aromatic carbocycles. The van der Waals surface area contributed by atoms with E-state index in [1.54, 1.807) is 12.1 Å². The quantitative estimate of drug-likeness (QED) is 0.908. The molecule has 1 aliphatic carbocycles. The Hall–Kier alpha value is -1.47. The number of benzene rings is 2. The summed E-state index contributed by atoms with van der Waals surface area (Å²) in [6.07, 6.45) is 5.01. The van der Waals surface area contributed by atoms with Crippen molar-refractivity contribution in [2.75, 3.05) is 13.2 Å². The van der Waals surface area contributed by atoms with Crippen LogP contribution in [0, 0.1) is 0 Å². The topological polar surface area (TPSA) is 64.6 Å². The fraction of sp³-hybridized carbons (Fsp3) is 0.474. The van der Waals surface area contributed by atoms with Crippen LogP contribution >= 0.6 is 0 Å². The number of rotatable bonds is 4. The molecule has 1 N–H and O–H groups in total. The van der Waals surface area contributed by atoms with Gasteiger partial charge < -0.3 is 9.47 Å². The molecule has 1 saturated heterocycles. The van der Waals surface area contributed by atoms with Gasteiger partial charge in [0.15, 0.2) is 5.79 Å². The molecule has 134 valence electrons. The fourth-order valence-electron chi connectivity index (χ4n) is 3.69. The van der Waals surface area contributed by atoms with Gasteiger partial charge in [-0.05, 0) is 35.7 Å². The molecule has 0 unspecified atom stereocenters. The first-order valence-electron chi connectivity index (χ1n) is 8.87. The molecule has 0 bridgehead atoms. The van der Waals surface area contributed by atoms with Gasteiger partial charge in [0.2, 0.25) is 10.0 Å². The van der Waals surface area contributed by atoms with Crippen LogP contribution in [0.15, 0.2) is 47.4 Å². The molecule has 1 spiro atoms. The highest BCUT2D eigenvalue weighted by atomic mass is 32.2. The van der Waals surface area contributed by atoms with E-state index >= 15 is 0 Å². The van der Waals surface area contributed by atoms with Crippen LogP contribution in [0.4, 0.5) is 0 Å². The van der Waals surface area contributed by atoms with Crippen molar-refractivity contribution in [1.82, 2.24) is 4.72 Å². The number of ether oxygens (including phenoxy) is 2. The molecule has 1 heterocycles. The lowest BCUT2D eigenvalue weighted by atomic mass is 9.94. The number of sulfonamides is 1. The summed E-state index contributed by atoms with van der Waals surface area (Å²) < 4.78 is 39.8. The molecule has 0 radical (unpaired) electrons. The van der Waals surface area contributed by atoms with Crippen LogP contribution in [-0.2, 0) is 19.5 Å². The molecule has 0 amide bonds. The highest BCUT2D eigenvalue weighted by Gasteiger charge is 2.42. The normalized spacial score (nSPS) is 23.3. The summed E-state index contributed by atoms with van der Waals surface area (Å²) in [4.78, 5) is 0.275. The van der Waals surface area contributed by atoms with E-state index in [0.29, 0.717) is 6.61 Å². The van der Waals surface area contributed by atoms with Crippen LogP contribution in [0.1, 0.15) is 32.1 Å². The Balaban J connectivity index is 1.42. The molecule has 1 aliphatic heterocycles. The molecule has 1 saturated carbocycles. The first-order valence-corrected chi connectivity index (χ1v) is 10.3. The molecular weight excluding hydrogens is 338 g/mol. The summed E-state index contributed by atoms with van der Waals surface area (Å²) in [7, 11) is -3.57. The maximum atomic E-state index is 12.6. The van der Waals surface area contributed by atoms with Crippen molar-refractivity contribution in [3.63, 3.8) is 0 Å². The SMILES string of the molecule is O=S(=O)(NC[C@@H]1COC2(CCCCC2)O1)c1ccc2ccccc2c1. The van der Waals surface area contributed by atoms with Gasteiger partial charge in [-0.25, -0.2) is 13.1 Å². The van der Waals surface area contributed by atoms with E-state index < -0.39 is 15.8 Å². The Morgan fingerprint density at radius 1 is 1.04 bits per heavy atom. The number of fused-ring (bicyclic) bond motifs is 1. The maximum absolute atomic E-state index is 12.6. The molecule has 25 heavy (non-hydrogen) atoms. The van der Waals surface area contributed by atoms with Crippen LogP contribution in [-0.4, -0.2) is 33.5 Å². The molecule has 4 rings (SSSR count). The Labute approximate surface area is 148 Å². The van der Waals surface area contributed by atoms with Gasteiger partial charge in [0.1, 0.15) is 0 Å². The van der Waals surface area contributed by atoms with Gasteiger partial charge >= 0.3 is 0 Å². The molecule has 2 aliphatic rings. The van der Waals surface area contributed by atoms with Gasteiger partial charge in [0.05, 0.1) is 17.6 Å². The molecular formula is C19H23NO4S. The minimum absolute atomic E-state index is 0.228. The van der Waals surface area contributed by atoms with E-state index in [1.165, 1.54) is 6.42 Å². The summed E-state index contributed by atoms with van der Waals surface area (Å²) in [5.74, 6) is -0.475. The Morgan fingerprint density at radius 2 is 1.80 bits per heavy atom. The van der Waals surface area contributed by atoms with Crippen molar-refractivity contribution in [2.45, 2.75) is 48.9 Å². The van der Waals surface area contributed by atoms with Gasteiger partial charge in [-0.3, -0.25) is 0 Å². The smallest absolute Gasteiger partial charge is 0.240 e. The van der Waals surface area contributed by atoms with E-state index in [9.17, 15) is 8.42 Å². The largest absolute Gasteiger partial charge is 0.347 e. The number of hydrogen-bond donors (Lipinski definition) is 1. The molecule has 1 atom stereocenters. The van der Waals surface area contributed by atoms with Gasteiger partial charge in [0.25, 0.3) is 0 Å². The summed E-state index contributed by atoms with van der Waals surface area (Å²) in [6, 6.07) is 12.9. The second-order valence-corrected chi connectivity index (χ2v) is 8.65. The Kier molecular flexibility index (Phi) is 4.54. The van der Waals surface area contributed by atoms with E-state index in [-0.39, 0.29) is 17.5 Å². The predicted molar refractivity (Wildman–Crippen MR) is 95.8 cm³/mol. The van der Waals surface area contributed by atoms with Crippen molar-refractivity contribution in [2.24, 2.45) is 0 Å². The van der Waals surface area contributed by atoms with Gasteiger partial charge in [-0.1, -0.05) is 36.8 Å². The Bertz CT molecular complexity index is 859. The molecule has 2 fully saturated rings. The van der Waals surface area contributed by atoms with Crippen LogP contribution in [0.25, 0.3) is 10.8 Å². The van der Waals surface area contributed by atoms with Crippen molar-refractivity contribution in [1.29, 1.82) is 0 Å². The fourth-order valence-corrected chi connectivity index (χ4v) is 4.79. The zero-order valence-electron chi connectivity index (χ0n) is 14.1. The minimum atomic E-state index is -3.57. The second-order valence-electron chi connectivity index (χ2n) is 6.88. The standard InChI is InChI=1S/C19H23NO4S/c21-25(22,18-9-8-15-6-2-3-7-16(15)12-18)20-13-17-14-23-19(24-17)10-4-1-5-11-19/h2-3,6-9,12,17,20H,1,4-5,10-11,13-14H2/t17-/m1/s1. The summed E-state index contributed by atoms with van der Waals surface area (Å²) in [5, 5.41) is 1.93. The third-order valence-corrected chi connectivity index (χ3v) is 6.48. The Morgan fingerprint density at radius 3 is 2.60 bits per heavy atom. The highest BCUT2D eigenvalue weighted by molar-refractivity contribution is 7.89. The average molecular weight is 361 g/mol. The number of hydrogen-bond acceptors (Lipinski definition) is 4. The van der Waals surface area contributed by atoms with E-state index in [2.05, 4.69) is 4.72 Å². The van der Waals surface area contributed by atoms with Crippen molar-refractivity contribution in [3.8, 4) is 0 Å². The summed E-state index contributed by atoms with van der Waals surface area (Å²) in [5.41, 5.74) is 0. The van der Waals surface area contributed by atoms with Gasteiger partial charge in [-0.2, -0.15) is 0 Å². The van der Waals surface area contributed by atoms with Crippen LogP contribution in [0.2, 0.25) is 0 Å². The van der Waals surface area contributed by atoms with E-state index in [0.717, 1.165) is 36.5 Å². The molecule has 2 aromatic rings. The first kappa shape index (κ1) is 17.0. The average Bonchev–Trinajstić information content (AvgIpc) is 3.03.